The van der Waals surface area contributed by atoms with E-state index in [1.807, 2.05) is 19.1 Å². The molecule has 2 saturated heterocycles. The number of aryl methyl sites for hydroxylation is 2. The number of ether oxygens (including phenoxy) is 1. The maximum atomic E-state index is 13.2. The van der Waals surface area contributed by atoms with Gasteiger partial charge in [-0.25, -0.2) is 8.42 Å². The van der Waals surface area contributed by atoms with Gasteiger partial charge >= 0.3 is 0 Å². The average molecular weight is 357 g/mol. The summed E-state index contributed by atoms with van der Waals surface area (Å²) in [5, 5.41) is 0. The quantitative estimate of drug-likeness (QED) is 0.845. The Bertz CT molecular complexity index is 859. The van der Waals surface area contributed by atoms with Crippen LogP contribution in [0.1, 0.15) is 29.0 Å². The molecular formula is C20H23NO3S. The minimum absolute atomic E-state index is 0.188. The molecule has 132 valence electrons. The van der Waals surface area contributed by atoms with Crippen LogP contribution in [0.25, 0.3) is 0 Å². The van der Waals surface area contributed by atoms with Gasteiger partial charge in [0.25, 0.3) is 0 Å². The minimum atomic E-state index is -3.55. The number of fused-ring (bicyclic) bond motifs is 1. The molecule has 2 aromatic rings. The molecule has 4 nitrogen and oxygen atoms in total. The van der Waals surface area contributed by atoms with E-state index in [1.165, 1.54) is 11.1 Å². The maximum absolute atomic E-state index is 13.2. The van der Waals surface area contributed by atoms with Crippen molar-refractivity contribution in [2.45, 2.75) is 37.3 Å². The van der Waals surface area contributed by atoms with Crippen LogP contribution in [0.4, 0.5) is 0 Å². The minimum Gasteiger partial charge on any atom is -0.362 e. The van der Waals surface area contributed by atoms with Gasteiger partial charge in [0.05, 0.1) is 4.90 Å². The second-order valence-corrected chi connectivity index (χ2v) is 9.01. The topological polar surface area (TPSA) is 46.6 Å². The molecule has 2 heterocycles. The number of hydrogen-bond donors (Lipinski definition) is 0. The van der Waals surface area contributed by atoms with Crippen LogP contribution >= 0.6 is 0 Å². The number of sulfonamides is 1. The number of rotatable bonds is 3. The molecule has 0 amide bonds. The number of benzene rings is 2. The molecule has 2 aliphatic rings. The number of nitrogens with zero attached hydrogens (tertiary/aromatic N) is 1. The van der Waals surface area contributed by atoms with Crippen molar-refractivity contribution >= 4 is 10.0 Å². The summed E-state index contributed by atoms with van der Waals surface area (Å²) in [6.45, 7) is 5.12. The van der Waals surface area contributed by atoms with Crippen molar-refractivity contribution < 1.29 is 13.2 Å². The van der Waals surface area contributed by atoms with Crippen LogP contribution in [-0.4, -0.2) is 32.1 Å². The second kappa shape index (κ2) is 6.24. The molecule has 0 spiro atoms. The fourth-order valence-electron chi connectivity index (χ4n) is 3.97. The normalized spacial score (nSPS) is 26.7. The molecule has 25 heavy (non-hydrogen) atoms. The summed E-state index contributed by atoms with van der Waals surface area (Å²) in [5.41, 5.74) is 3.46. The van der Waals surface area contributed by atoms with Gasteiger partial charge in [-0.05, 0) is 38.0 Å². The third kappa shape index (κ3) is 2.90. The Balaban J connectivity index is 1.68. The zero-order chi connectivity index (χ0) is 17.6. The van der Waals surface area contributed by atoms with Crippen molar-refractivity contribution in [2.75, 3.05) is 13.2 Å². The predicted octanol–water partition coefficient (Wildman–Crippen LogP) is 3.45. The molecule has 4 rings (SSSR count). The molecule has 2 aliphatic heterocycles. The van der Waals surface area contributed by atoms with E-state index in [4.69, 9.17) is 4.74 Å². The van der Waals surface area contributed by atoms with E-state index in [-0.39, 0.29) is 18.1 Å². The van der Waals surface area contributed by atoms with E-state index in [2.05, 4.69) is 31.2 Å². The van der Waals surface area contributed by atoms with Crippen LogP contribution < -0.4 is 0 Å². The monoisotopic (exact) mass is 357 g/mol. The molecule has 3 atom stereocenters. The Morgan fingerprint density at radius 2 is 1.56 bits per heavy atom. The van der Waals surface area contributed by atoms with Gasteiger partial charge < -0.3 is 4.74 Å². The maximum Gasteiger partial charge on any atom is 0.245 e. The lowest BCUT2D eigenvalue weighted by Gasteiger charge is -2.22. The lowest BCUT2D eigenvalue weighted by Crippen LogP contribution is -2.37. The lowest BCUT2D eigenvalue weighted by atomic mass is 9.87. The molecule has 5 heteroatoms. The van der Waals surface area contributed by atoms with Crippen molar-refractivity contribution in [1.82, 2.24) is 4.31 Å². The third-order valence-corrected chi connectivity index (χ3v) is 7.26. The van der Waals surface area contributed by atoms with E-state index >= 15 is 0 Å². The second-order valence-electron chi connectivity index (χ2n) is 7.12. The van der Waals surface area contributed by atoms with Crippen molar-refractivity contribution in [1.29, 1.82) is 0 Å². The first-order valence-electron chi connectivity index (χ1n) is 8.73. The highest BCUT2D eigenvalue weighted by Gasteiger charge is 2.50. The highest BCUT2D eigenvalue weighted by molar-refractivity contribution is 7.89. The van der Waals surface area contributed by atoms with E-state index in [1.54, 1.807) is 16.4 Å². The van der Waals surface area contributed by atoms with Gasteiger partial charge in [0.2, 0.25) is 10.0 Å². The Morgan fingerprint density at radius 1 is 0.960 bits per heavy atom. The molecule has 0 N–H and O–H groups in total. The number of hydrogen-bond acceptors (Lipinski definition) is 3. The van der Waals surface area contributed by atoms with Crippen LogP contribution in [0.3, 0.4) is 0 Å². The summed E-state index contributed by atoms with van der Waals surface area (Å²) in [6.07, 6.45) is 0.556. The highest BCUT2D eigenvalue weighted by Crippen LogP contribution is 2.45. The summed E-state index contributed by atoms with van der Waals surface area (Å²) in [6, 6.07) is 15.5. The largest absolute Gasteiger partial charge is 0.362 e. The van der Waals surface area contributed by atoms with E-state index < -0.39 is 10.0 Å². The van der Waals surface area contributed by atoms with Gasteiger partial charge in [0.15, 0.2) is 0 Å². The molecule has 2 fully saturated rings. The molecule has 0 saturated carbocycles. The molecule has 2 aromatic carbocycles. The average Bonchev–Trinajstić information content (AvgIpc) is 3.18. The first-order valence-corrected chi connectivity index (χ1v) is 10.2. The summed E-state index contributed by atoms with van der Waals surface area (Å²) in [7, 11) is -3.55. The van der Waals surface area contributed by atoms with Crippen LogP contribution in [0.2, 0.25) is 0 Å². The SMILES string of the molecule is Cc1ccc([C@@H]2CN(S(=O)(=O)c3ccc(C)cc3)[C@@H]3OCC[C@@H]32)cc1. The molecule has 0 bridgehead atoms. The van der Waals surface area contributed by atoms with Gasteiger partial charge in [-0.1, -0.05) is 47.5 Å². The van der Waals surface area contributed by atoms with Crippen LogP contribution in [0, 0.1) is 19.8 Å². The smallest absolute Gasteiger partial charge is 0.245 e. The molecule has 0 aromatic heterocycles. The summed E-state index contributed by atoms with van der Waals surface area (Å²) in [5.74, 6) is 0.413. The molecular weight excluding hydrogens is 334 g/mol. The summed E-state index contributed by atoms with van der Waals surface area (Å²) < 4.78 is 33.7. The van der Waals surface area contributed by atoms with Crippen LogP contribution in [-0.2, 0) is 14.8 Å². The fraction of sp³-hybridized carbons (Fsp3) is 0.400. The zero-order valence-electron chi connectivity index (χ0n) is 14.6. The summed E-state index contributed by atoms with van der Waals surface area (Å²) in [4.78, 5) is 0.344. The van der Waals surface area contributed by atoms with E-state index in [0.29, 0.717) is 18.0 Å². The standard InChI is InChI=1S/C20H23NO3S/c1-14-3-7-16(8-4-14)19-13-21(20-18(19)11-12-24-20)25(22,23)17-9-5-15(2)6-10-17/h3-10,18-20H,11-13H2,1-2H3/t18-,19+,20-/m1/s1. The fourth-order valence-corrected chi connectivity index (χ4v) is 5.57. The van der Waals surface area contributed by atoms with Crippen molar-refractivity contribution in [3.63, 3.8) is 0 Å². The van der Waals surface area contributed by atoms with Gasteiger partial charge in [-0.3, -0.25) is 0 Å². The molecule has 0 radical (unpaired) electrons. The van der Waals surface area contributed by atoms with Gasteiger partial charge in [0.1, 0.15) is 6.23 Å². The zero-order valence-corrected chi connectivity index (χ0v) is 15.4. The van der Waals surface area contributed by atoms with Gasteiger partial charge in [-0.15, -0.1) is 0 Å². The van der Waals surface area contributed by atoms with Crippen LogP contribution in [0.5, 0.6) is 0 Å². The summed E-state index contributed by atoms with van der Waals surface area (Å²) >= 11 is 0. The Morgan fingerprint density at radius 3 is 2.20 bits per heavy atom. The van der Waals surface area contributed by atoms with E-state index in [0.717, 1.165) is 12.0 Å². The first kappa shape index (κ1) is 16.8. The molecule has 0 aliphatic carbocycles. The predicted molar refractivity (Wildman–Crippen MR) is 96.8 cm³/mol. The van der Waals surface area contributed by atoms with Crippen molar-refractivity contribution in [2.24, 2.45) is 5.92 Å². The van der Waals surface area contributed by atoms with E-state index in [9.17, 15) is 8.42 Å². The van der Waals surface area contributed by atoms with Gasteiger partial charge in [-0.2, -0.15) is 4.31 Å². The first-order chi connectivity index (χ1) is 12.0. The third-order valence-electron chi connectivity index (χ3n) is 5.42. The lowest BCUT2D eigenvalue weighted by molar-refractivity contribution is 0.0359. The highest BCUT2D eigenvalue weighted by atomic mass is 32.2. The van der Waals surface area contributed by atoms with Crippen molar-refractivity contribution in [3.8, 4) is 0 Å². The van der Waals surface area contributed by atoms with Gasteiger partial charge in [0, 0.05) is 25.0 Å². The molecule has 0 unspecified atom stereocenters. The van der Waals surface area contributed by atoms with Crippen molar-refractivity contribution in [3.05, 3.63) is 65.2 Å². The Hall–Kier alpha value is -1.69. The Kier molecular flexibility index (Phi) is 4.18. The van der Waals surface area contributed by atoms with Crippen LogP contribution in [0.15, 0.2) is 53.4 Å². The Labute approximate surface area is 149 Å².